The molecule has 0 aliphatic heterocycles. The number of halogens is 1. The van der Waals surface area contributed by atoms with Crippen LogP contribution in [0.5, 0.6) is 0 Å². The van der Waals surface area contributed by atoms with Crippen LogP contribution in [0.25, 0.3) is 0 Å². The second-order valence-electron chi connectivity index (χ2n) is 3.57. The van der Waals surface area contributed by atoms with Crippen molar-refractivity contribution in [2.75, 3.05) is 5.88 Å². The summed E-state index contributed by atoms with van der Waals surface area (Å²) >= 11 is 5.57. The number of aliphatic hydroxyl groups is 1. The lowest BCUT2D eigenvalue weighted by molar-refractivity contribution is -0.147. The van der Waals surface area contributed by atoms with Gasteiger partial charge in [0.05, 0.1) is 0 Å². The molecule has 17 heavy (non-hydrogen) atoms. The van der Waals surface area contributed by atoms with Crippen LogP contribution in [0.4, 0.5) is 0 Å². The van der Waals surface area contributed by atoms with E-state index in [1.165, 1.54) is 6.07 Å². The van der Waals surface area contributed by atoms with E-state index >= 15 is 0 Å². The number of carboxylic acid groups (broad SMARTS) is 1. The van der Waals surface area contributed by atoms with E-state index in [4.69, 9.17) is 16.7 Å². The SMILES string of the molecule is O=Cc1cccc(CCCCl)c1C(O)C(=O)O. The van der Waals surface area contributed by atoms with E-state index in [0.717, 1.165) is 0 Å². The molecule has 4 nitrogen and oxygen atoms in total. The van der Waals surface area contributed by atoms with Gasteiger partial charge in [0.15, 0.2) is 6.10 Å². The standard InChI is InChI=1S/C12H13ClO4/c13-6-2-5-8-3-1-4-9(7-14)10(8)11(15)12(16)17/h1,3-4,7,11,15H,2,5-6H2,(H,16,17). The fourth-order valence-corrected chi connectivity index (χ4v) is 1.80. The molecule has 0 radical (unpaired) electrons. The number of hydrogen-bond acceptors (Lipinski definition) is 3. The summed E-state index contributed by atoms with van der Waals surface area (Å²) in [6.45, 7) is 0. The van der Waals surface area contributed by atoms with Crippen molar-refractivity contribution in [3.05, 3.63) is 34.9 Å². The van der Waals surface area contributed by atoms with E-state index in [1.807, 2.05) is 0 Å². The molecule has 0 spiro atoms. The minimum Gasteiger partial charge on any atom is -0.479 e. The molecule has 5 heteroatoms. The molecular formula is C12H13ClO4. The van der Waals surface area contributed by atoms with E-state index < -0.39 is 12.1 Å². The van der Waals surface area contributed by atoms with Gasteiger partial charge in [-0.15, -0.1) is 11.6 Å². The Kier molecular flexibility index (Phi) is 5.12. The number of benzene rings is 1. The Morgan fingerprint density at radius 3 is 2.71 bits per heavy atom. The number of rotatable bonds is 6. The van der Waals surface area contributed by atoms with Crippen LogP contribution in [0.15, 0.2) is 18.2 Å². The molecule has 0 amide bonds. The highest BCUT2D eigenvalue weighted by atomic mass is 35.5. The van der Waals surface area contributed by atoms with Crippen molar-refractivity contribution in [2.24, 2.45) is 0 Å². The van der Waals surface area contributed by atoms with Gasteiger partial charge in [-0.3, -0.25) is 4.79 Å². The normalized spacial score (nSPS) is 12.1. The van der Waals surface area contributed by atoms with Crippen LogP contribution in [0, 0.1) is 0 Å². The van der Waals surface area contributed by atoms with Gasteiger partial charge >= 0.3 is 5.97 Å². The topological polar surface area (TPSA) is 74.6 Å². The average Bonchev–Trinajstić information content (AvgIpc) is 2.34. The highest BCUT2D eigenvalue weighted by Crippen LogP contribution is 2.23. The highest BCUT2D eigenvalue weighted by molar-refractivity contribution is 6.17. The molecule has 0 aromatic heterocycles. The maximum atomic E-state index is 10.9. The summed E-state index contributed by atoms with van der Waals surface area (Å²) in [5.41, 5.74) is 1.01. The molecule has 1 aromatic rings. The summed E-state index contributed by atoms with van der Waals surface area (Å²) < 4.78 is 0. The third-order valence-electron chi connectivity index (χ3n) is 2.44. The van der Waals surface area contributed by atoms with Crippen molar-refractivity contribution in [1.82, 2.24) is 0 Å². The van der Waals surface area contributed by atoms with E-state index in [9.17, 15) is 14.7 Å². The van der Waals surface area contributed by atoms with Gasteiger partial charge in [0.25, 0.3) is 0 Å². The van der Waals surface area contributed by atoms with E-state index in [2.05, 4.69) is 0 Å². The Hall–Kier alpha value is -1.39. The molecule has 1 aromatic carbocycles. The van der Waals surface area contributed by atoms with Gasteiger partial charge in [-0.25, -0.2) is 4.79 Å². The quantitative estimate of drug-likeness (QED) is 0.601. The van der Waals surface area contributed by atoms with Gasteiger partial charge in [0, 0.05) is 17.0 Å². The maximum Gasteiger partial charge on any atom is 0.337 e. The summed E-state index contributed by atoms with van der Waals surface area (Å²) in [4.78, 5) is 21.7. The number of carboxylic acids is 1. The summed E-state index contributed by atoms with van der Waals surface area (Å²) in [7, 11) is 0. The molecule has 0 saturated heterocycles. The van der Waals surface area contributed by atoms with E-state index in [0.29, 0.717) is 30.6 Å². The predicted molar refractivity (Wildman–Crippen MR) is 63.5 cm³/mol. The van der Waals surface area contributed by atoms with Gasteiger partial charge in [-0.05, 0) is 18.4 Å². The lowest BCUT2D eigenvalue weighted by Crippen LogP contribution is -2.15. The van der Waals surface area contributed by atoms with Crippen LogP contribution < -0.4 is 0 Å². The lowest BCUT2D eigenvalue weighted by atomic mass is 9.94. The van der Waals surface area contributed by atoms with Gasteiger partial charge in [-0.2, -0.15) is 0 Å². The Bertz CT molecular complexity index is 417. The first-order valence-electron chi connectivity index (χ1n) is 5.15. The third kappa shape index (κ3) is 3.28. The first-order chi connectivity index (χ1) is 8.11. The number of alkyl halides is 1. The van der Waals surface area contributed by atoms with Gasteiger partial charge in [0.1, 0.15) is 6.29 Å². The number of carbonyl (C=O) groups is 2. The second kappa shape index (κ2) is 6.37. The average molecular weight is 257 g/mol. The van der Waals surface area contributed by atoms with Crippen LogP contribution in [0.3, 0.4) is 0 Å². The van der Waals surface area contributed by atoms with Crippen molar-refractivity contribution >= 4 is 23.9 Å². The summed E-state index contributed by atoms with van der Waals surface area (Å²) in [6, 6.07) is 4.84. The molecular weight excluding hydrogens is 244 g/mol. The minimum absolute atomic E-state index is 0.167. The smallest absolute Gasteiger partial charge is 0.337 e. The number of aryl methyl sites for hydroxylation is 1. The van der Waals surface area contributed by atoms with Crippen molar-refractivity contribution < 1.29 is 19.8 Å². The molecule has 0 bridgehead atoms. The molecule has 0 aliphatic rings. The van der Waals surface area contributed by atoms with E-state index in [1.54, 1.807) is 12.1 Å². The molecule has 92 valence electrons. The van der Waals surface area contributed by atoms with Crippen molar-refractivity contribution in [3.63, 3.8) is 0 Å². The number of hydrogen-bond donors (Lipinski definition) is 2. The van der Waals surface area contributed by atoms with Gasteiger partial charge in [0.2, 0.25) is 0 Å². The fourth-order valence-electron chi connectivity index (χ4n) is 1.67. The Morgan fingerprint density at radius 1 is 1.47 bits per heavy atom. The van der Waals surface area contributed by atoms with E-state index in [-0.39, 0.29) is 11.1 Å². The molecule has 0 aliphatic carbocycles. The van der Waals surface area contributed by atoms with Gasteiger partial charge in [-0.1, -0.05) is 18.2 Å². The Labute approximate surface area is 104 Å². The summed E-state index contributed by atoms with van der Waals surface area (Å²) in [5.74, 6) is -0.931. The van der Waals surface area contributed by atoms with Gasteiger partial charge < -0.3 is 10.2 Å². The van der Waals surface area contributed by atoms with Crippen molar-refractivity contribution in [1.29, 1.82) is 0 Å². The predicted octanol–water partition coefficient (Wildman–Crippen LogP) is 1.79. The van der Waals surface area contributed by atoms with Crippen LogP contribution in [-0.4, -0.2) is 28.3 Å². The summed E-state index contributed by atoms with van der Waals surface area (Å²) in [5, 5.41) is 18.4. The lowest BCUT2D eigenvalue weighted by Gasteiger charge is -2.14. The highest BCUT2D eigenvalue weighted by Gasteiger charge is 2.22. The monoisotopic (exact) mass is 256 g/mol. The first-order valence-corrected chi connectivity index (χ1v) is 5.69. The zero-order chi connectivity index (χ0) is 12.8. The van der Waals surface area contributed by atoms with Crippen molar-refractivity contribution in [3.8, 4) is 0 Å². The zero-order valence-corrected chi connectivity index (χ0v) is 9.85. The van der Waals surface area contributed by atoms with Crippen LogP contribution in [0.1, 0.15) is 34.0 Å². The van der Waals surface area contributed by atoms with Crippen LogP contribution >= 0.6 is 11.6 Å². The second-order valence-corrected chi connectivity index (χ2v) is 3.95. The van der Waals surface area contributed by atoms with Crippen LogP contribution in [0.2, 0.25) is 0 Å². The Balaban J connectivity index is 3.19. The number of aldehydes is 1. The molecule has 1 unspecified atom stereocenters. The molecule has 1 atom stereocenters. The molecule has 2 N–H and O–H groups in total. The summed E-state index contributed by atoms with van der Waals surface area (Å²) in [6.07, 6.45) is 0.0569. The first kappa shape index (κ1) is 13.7. The fraction of sp³-hybridized carbons (Fsp3) is 0.333. The number of aliphatic carboxylic acids is 1. The van der Waals surface area contributed by atoms with Crippen molar-refractivity contribution in [2.45, 2.75) is 18.9 Å². The molecule has 1 rings (SSSR count). The third-order valence-corrected chi connectivity index (χ3v) is 2.71. The Morgan fingerprint density at radius 2 is 2.18 bits per heavy atom. The van der Waals surface area contributed by atoms with Crippen LogP contribution in [-0.2, 0) is 11.2 Å². The maximum absolute atomic E-state index is 10.9. The molecule has 0 heterocycles. The largest absolute Gasteiger partial charge is 0.479 e. The molecule has 0 fully saturated rings. The number of aliphatic hydroxyl groups excluding tert-OH is 1. The minimum atomic E-state index is -1.68. The molecule has 0 saturated carbocycles. The zero-order valence-electron chi connectivity index (χ0n) is 9.10. The number of carbonyl (C=O) groups excluding carboxylic acids is 1.